The van der Waals surface area contributed by atoms with Crippen molar-refractivity contribution in [1.29, 1.82) is 0 Å². The number of hydrogen-bond acceptors (Lipinski definition) is 8. The van der Waals surface area contributed by atoms with Crippen LogP contribution in [0.1, 0.15) is 22.3 Å². The maximum Gasteiger partial charge on any atom is 0.337 e. The summed E-state index contributed by atoms with van der Waals surface area (Å²) in [6, 6.07) is 15.5. The highest BCUT2D eigenvalue weighted by Crippen LogP contribution is 2.35. The molecule has 0 aliphatic carbocycles. The fraction of sp³-hybridized carbons (Fsp3) is 0.192. The second-order valence-electron chi connectivity index (χ2n) is 8.52. The van der Waals surface area contributed by atoms with E-state index in [1.165, 1.54) is 43.5 Å². The molecular weight excluding hydrogens is 580 g/mol. The molecule has 0 radical (unpaired) electrons. The molecule has 5 rings (SSSR count). The molecule has 2 aliphatic rings. The Kier molecular flexibility index (Phi) is 6.95. The number of anilines is 1. The van der Waals surface area contributed by atoms with Gasteiger partial charge in [-0.3, -0.25) is 9.59 Å². The predicted octanol–water partition coefficient (Wildman–Crippen LogP) is 3.49. The molecule has 1 fully saturated rings. The standard InChI is InChI=1S/C26H21BrN2O8S/c1-35-26(32)17-3-7-19(8-4-17)29-24(30)13-21(25(29)31)28(38(33,34)20-9-5-18(27)6-10-20)14-16-2-11-22-23(12-16)37-15-36-22/h2-12,21H,13-15H2,1H3. The molecule has 1 atom stereocenters. The molecule has 0 bridgehead atoms. The largest absolute Gasteiger partial charge is 0.465 e. The number of carbonyl (C=O) groups excluding carboxylic acids is 3. The number of halogens is 1. The number of hydrogen-bond donors (Lipinski definition) is 0. The maximum atomic E-state index is 13.8. The van der Waals surface area contributed by atoms with Gasteiger partial charge in [-0.25, -0.2) is 18.1 Å². The summed E-state index contributed by atoms with van der Waals surface area (Å²) in [6.07, 6.45) is -0.349. The number of fused-ring (bicyclic) bond motifs is 1. The second kappa shape index (κ2) is 10.2. The highest BCUT2D eigenvalue weighted by atomic mass is 79.9. The van der Waals surface area contributed by atoms with Gasteiger partial charge in [0.25, 0.3) is 5.91 Å². The highest BCUT2D eigenvalue weighted by molar-refractivity contribution is 9.10. The molecule has 0 saturated carbocycles. The Morgan fingerprint density at radius 2 is 1.71 bits per heavy atom. The van der Waals surface area contributed by atoms with Gasteiger partial charge in [0, 0.05) is 11.0 Å². The molecule has 3 aromatic rings. The summed E-state index contributed by atoms with van der Waals surface area (Å²) in [4.78, 5) is 39.3. The van der Waals surface area contributed by atoms with Crippen LogP contribution in [0.25, 0.3) is 0 Å². The molecular formula is C26H21BrN2O8S. The third-order valence-corrected chi connectivity index (χ3v) is 8.61. The number of methoxy groups -OCH3 is 1. The zero-order chi connectivity index (χ0) is 27.0. The van der Waals surface area contributed by atoms with Gasteiger partial charge in [-0.1, -0.05) is 22.0 Å². The van der Waals surface area contributed by atoms with E-state index >= 15 is 0 Å². The topological polar surface area (TPSA) is 120 Å². The van der Waals surface area contributed by atoms with Gasteiger partial charge in [-0.05, 0) is 66.2 Å². The van der Waals surface area contributed by atoms with E-state index in [1.54, 1.807) is 30.3 Å². The van der Waals surface area contributed by atoms with Gasteiger partial charge in [-0.15, -0.1) is 0 Å². The summed E-state index contributed by atoms with van der Waals surface area (Å²) in [5.74, 6) is -0.826. The van der Waals surface area contributed by atoms with Gasteiger partial charge < -0.3 is 14.2 Å². The van der Waals surface area contributed by atoms with Crippen LogP contribution in [0.3, 0.4) is 0 Å². The Bertz CT molecular complexity index is 1520. The summed E-state index contributed by atoms with van der Waals surface area (Å²) < 4.78 is 44.8. The predicted molar refractivity (Wildman–Crippen MR) is 138 cm³/mol. The summed E-state index contributed by atoms with van der Waals surface area (Å²) in [5, 5.41) is 0. The van der Waals surface area contributed by atoms with Crippen LogP contribution >= 0.6 is 15.9 Å². The van der Waals surface area contributed by atoms with Crippen molar-refractivity contribution in [3.8, 4) is 11.5 Å². The number of benzene rings is 3. The smallest absolute Gasteiger partial charge is 0.337 e. The van der Waals surface area contributed by atoms with Gasteiger partial charge >= 0.3 is 5.97 Å². The third-order valence-electron chi connectivity index (χ3n) is 6.21. The van der Waals surface area contributed by atoms with Crippen LogP contribution in [0.5, 0.6) is 11.5 Å². The fourth-order valence-electron chi connectivity index (χ4n) is 4.30. The van der Waals surface area contributed by atoms with E-state index in [-0.39, 0.29) is 35.9 Å². The van der Waals surface area contributed by atoms with E-state index in [9.17, 15) is 22.8 Å². The van der Waals surface area contributed by atoms with E-state index < -0.39 is 33.8 Å². The second-order valence-corrected chi connectivity index (χ2v) is 11.3. The van der Waals surface area contributed by atoms with E-state index in [0.717, 1.165) is 9.21 Å². The zero-order valence-electron chi connectivity index (χ0n) is 20.0. The third kappa shape index (κ3) is 4.77. The molecule has 1 saturated heterocycles. The Balaban J connectivity index is 1.51. The van der Waals surface area contributed by atoms with Gasteiger partial charge in [0.2, 0.25) is 22.7 Å². The van der Waals surface area contributed by atoms with Crippen molar-refractivity contribution in [2.45, 2.75) is 23.9 Å². The first kappa shape index (κ1) is 25.9. The highest BCUT2D eigenvalue weighted by Gasteiger charge is 2.47. The van der Waals surface area contributed by atoms with Gasteiger partial charge in [-0.2, -0.15) is 4.31 Å². The van der Waals surface area contributed by atoms with Crippen LogP contribution < -0.4 is 14.4 Å². The molecule has 12 heteroatoms. The van der Waals surface area contributed by atoms with Gasteiger partial charge in [0.1, 0.15) is 6.04 Å². The number of carbonyl (C=O) groups is 3. The van der Waals surface area contributed by atoms with Crippen molar-refractivity contribution < 1.29 is 37.0 Å². The Labute approximate surface area is 226 Å². The van der Waals surface area contributed by atoms with E-state index in [2.05, 4.69) is 20.7 Å². The monoisotopic (exact) mass is 600 g/mol. The van der Waals surface area contributed by atoms with Crippen LogP contribution in [0.4, 0.5) is 5.69 Å². The quantitative estimate of drug-likeness (QED) is 0.298. The average molecular weight is 601 g/mol. The van der Waals surface area contributed by atoms with Crippen molar-refractivity contribution >= 4 is 49.4 Å². The average Bonchev–Trinajstić information content (AvgIpc) is 3.50. The number of ether oxygens (including phenoxy) is 3. The molecule has 2 amide bonds. The lowest BCUT2D eigenvalue weighted by atomic mass is 10.1. The zero-order valence-corrected chi connectivity index (χ0v) is 22.4. The van der Waals surface area contributed by atoms with Crippen molar-refractivity contribution in [3.05, 3.63) is 82.3 Å². The van der Waals surface area contributed by atoms with Crippen molar-refractivity contribution in [2.75, 3.05) is 18.8 Å². The lowest BCUT2D eigenvalue weighted by molar-refractivity contribution is -0.122. The van der Waals surface area contributed by atoms with Crippen molar-refractivity contribution in [2.24, 2.45) is 0 Å². The Morgan fingerprint density at radius 1 is 1.03 bits per heavy atom. The first-order chi connectivity index (χ1) is 18.2. The molecule has 3 aromatic carbocycles. The maximum absolute atomic E-state index is 13.8. The van der Waals surface area contributed by atoms with Crippen LogP contribution in [-0.2, 0) is 30.9 Å². The minimum absolute atomic E-state index is 0.0254. The number of imide groups is 1. The van der Waals surface area contributed by atoms with E-state index in [0.29, 0.717) is 21.5 Å². The molecule has 1 unspecified atom stereocenters. The van der Waals surface area contributed by atoms with Crippen LogP contribution in [0.15, 0.2) is 76.1 Å². The molecule has 10 nitrogen and oxygen atoms in total. The van der Waals surface area contributed by atoms with Gasteiger partial charge in [0.05, 0.1) is 29.7 Å². The first-order valence-electron chi connectivity index (χ1n) is 11.4. The summed E-state index contributed by atoms with van der Waals surface area (Å²) in [5.41, 5.74) is 1.02. The normalized spacial score (nSPS) is 16.8. The van der Waals surface area contributed by atoms with Crippen LogP contribution in [-0.4, -0.2) is 50.5 Å². The molecule has 196 valence electrons. The fourth-order valence-corrected chi connectivity index (χ4v) is 6.13. The lowest BCUT2D eigenvalue weighted by Gasteiger charge is -2.27. The summed E-state index contributed by atoms with van der Waals surface area (Å²) >= 11 is 3.30. The van der Waals surface area contributed by atoms with Gasteiger partial charge in [0.15, 0.2) is 11.5 Å². The molecule has 2 heterocycles. The Morgan fingerprint density at radius 3 is 2.39 bits per heavy atom. The van der Waals surface area contributed by atoms with E-state index in [4.69, 9.17) is 9.47 Å². The molecule has 0 aromatic heterocycles. The SMILES string of the molecule is COC(=O)c1ccc(N2C(=O)CC(N(Cc3ccc4c(c3)OCO4)S(=O)(=O)c3ccc(Br)cc3)C2=O)cc1. The number of amides is 2. The Hall–Kier alpha value is -3.74. The van der Waals surface area contributed by atoms with Crippen LogP contribution in [0, 0.1) is 0 Å². The number of esters is 1. The number of sulfonamides is 1. The van der Waals surface area contributed by atoms with E-state index in [1.807, 2.05) is 0 Å². The summed E-state index contributed by atoms with van der Waals surface area (Å²) in [6.45, 7) is -0.132. The number of rotatable bonds is 7. The van der Waals surface area contributed by atoms with Crippen LogP contribution in [0.2, 0.25) is 0 Å². The molecule has 38 heavy (non-hydrogen) atoms. The minimum atomic E-state index is -4.22. The molecule has 0 spiro atoms. The molecule has 2 aliphatic heterocycles. The van der Waals surface area contributed by atoms with Crippen molar-refractivity contribution in [3.63, 3.8) is 0 Å². The molecule has 0 N–H and O–H groups in total. The number of nitrogens with zero attached hydrogens (tertiary/aromatic N) is 2. The van der Waals surface area contributed by atoms with Crippen molar-refractivity contribution in [1.82, 2.24) is 4.31 Å². The first-order valence-corrected chi connectivity index (χ1v) is 13.6. The minimum Gasteiger partial charge on any atom is -0.465 e. The summed E-state index contributed by atoms with van der Waals surface area (Å²) in [7, 11) is -2.97. The lowest BCUT2D eigenvalue weighted by Crippen LogP contribution is -2.45.